The second kappa shape index (κ2) is 6.67. The molecule has 1 aromatic heterocycles. The number of nitrogens with one attached hydrogen (secondary N) is 1. The van der Waals surface area contributed by atoms with Crippen LogP contribution in [0, 0.1) is 0 Å². The summed E-state index contributed by atoms with van der Waals surface area (Å²) in [5.41, 5.74) is 2.20. The Bertz CT molecular complexity index is 923. The zero-order valence-corrected chi connectivity index (χ0v) is 13.4. The van der Waals surface area contributed by atoms with Gasteiger partial charge in [-0.1, -0.05) is 28.6 Å². The number of hydrogen-bond acceptors (Lipinski definition) is 5. The third-order valence-corrected chi connectivity index (χ3v) is 3.48. The third-order valence-electron chi connectivity index (χ3n) is 3.25. The Kier molecular flexibility index (Phi) is 4.43. The number of aromatic nitrogens is 3. The summed E-state index contributed by atoms with van der Waals surface area (Å²) in [6, 6.07) is 11.7. The van der Waals surface area contributed by atoms with Gasteiger partial charge in [-0.25, -0.2) is 0 Å². The zero-order chi connectivity index (χ0) is 17.1. The maximum absolute atomic E-state index is 12.0. The van der Waals surface area contributed by atoms with E-state index in [1.807, 2.05) is 0 Å². The van der Waals surface area contributed by atoms with Gasteiger partial charge in [0.2, 0.25) is 0 Å². The Morgan fingerprint density at radius 2 is 2.08 bits per heavy atom. The molecule has 0 spiro atoms. The van der Waals surface area contributed by atoms with Crippen molar-refractivity contribution in [3.8, 4) is 0 Å². The number of hydrogen-bond donors (Lipinski definition) is 1. The molecule has 2 aromatic carbocycles. The zero-order valence-electron chi connectivity index (χ0n) is 12.7. The highest BCUT2D eigenvalue weighted by molar-refractivity contribution is 6.31. The summed E-state index contributed by atoms with van der Waals surface area (Å²) in [7, 11) is 0. The van der Waals surface area contributed by atoms with Gasteiger partial charge in [-0.15, -0.1) is 5.10 Å². The lowest BCUT2D eigenvalue weighted by molar-refractivity contribution is -0.121. The first-order valence-electron chi connectivity index (χ1n) is 7.08. The number of benzene rings is 2. The van der Waals surface area contributed by atoms with Gasteiger partial charge in [-0.3, -0.25) is 9.59 Å². The highest BCUT2D eigenvalue weighted by Gasteiger charge is 2.09. The van der Waals surface area contributed by atoms with E-state index >= 15 is 0 Å². The van der Waals surface area contributed by atoms with Crippen molar-refractivity contribution in [2.75, 3.05) is 11.9 Å². The topological polar surface area (TPSA) is 86.1 Å². The molecule has 0 aliphatic carbocycles. The molecule has 3 aromatic rings. The van der Waals surface area contributed by atoms with E-state index in [0.29, 0.717) is 27.3 Å². The number of carbonyl (C=O) groups is 2. The van der Waals surface area contributed by atoms with Crippen molar-refractivity contribution < 1.29 is 14.4 Å². The number of rotatable bonds is 5. The molecule has 0 radical (unpaired) electrons. The summed E-state index contributed by atoms with van der Waals surface area (Å²) in [6.45, 7) is 1.19. The molecule has 3 rings (SSSR count). The van der Waals surface area contributed by atoms with E-state index in [0.717, 1.165) is 4.85 Å². The van der Waals surface area contributed by atoms with Crippen molar-refractivity contribution in [2.24, 2.45) is 0 Å². The SMILES string of the molecule is CC(=O)c1cccc(NC(=O)COn2nnc3ccc(Cl)cc32)c1. The first-order valence-corrected chi connectivity index (χ1v) is 7.46. The van der Waals surface area contributed by atoms with E-state index in [-0.39, 0.29) is 18.3 Å². The summed E-state index contributed by atoms with van der Waals surface area (Å²) >= 11 is 5.93. The molecule has 122 valence electrons. The third kappa shape index (κ3) is 3.52. The van der Waals surface area contributed by atoms with E-state index in [4.69, 9.17) is 16.4 Å². The van der Waals surface area contributed by atoms with Crippen LogP contribution in [0.15, 0.2) is 42.5 Å². The lowest BCUT2D eigenvalue weighted by Crippen LogP contribution is -2.26. The average molecular weight is 345 g/mol. The molecule has 0 atom stereocenters. The minimum absolute atomic E-state index is 0.0756. The fraction of sp³-hybridized carbons (Fsp3) is 0.125. The minimum atomic E-state index is -0.388. The highest BCUT2D eigenvalue weighted by Crippen LogP contribution is 2.16. The van der Waals surface area contributed by atoms with Crippen LogP contribution in [0.3, 0.4) is 0 Å². The Morgan fingerprint density at radius 1 is 1.25 bits per heavy atom. The molecule has 1 amide bonds. The van der Waals surface area contributed by atoms with Crippen LogP contribution in [0.5, 0.6) is 0 Å². The molecule has 0 saturated carbocycles. The van der Waals surface area contributed by atoms with Crippen LogP contribution in [0.25, 0.3) is 11.0 Å². The van der Waals surface area contributed by atoms with Crippen LogP contribution in [0.1, 0.15) is 17.3 Å². The molecule has 0 bridgehead atoms. The quantitative estimate of drug-likeness (QED) is 0.718. The monoisotopic (exact) mass is 344 g/mol. The van der Waals surface area contributed by atoms with Crippen molar-refractivity contribution >= 4 is 40.0 Å². The molecular weight excluding hydrogens is 332 g/mol. The van der Waals surface area contributed by atoms with Gasteiger partial charge in [0.1, 0.15) is 11.0 Å². The van der Waals surface area contributed by atoms with Crippen LogP contribution in [0.2, 0.25) is 5.02 Å². The van der Waals surface area contributed by atoms with Gasteiger partial charge < -0.3 is 10.2 Å². The molecule has 8 heteroatoms. The Morgan fingerprint density at radius 3 is 2.88 bits per heavy atom. The summed E-state index contributed by atoms with van der Waals surface area (Å²) in [4.78, 5) is 29.8. The Balaban J connectivity index is 1.66. The maximum atomic E-state index is 12.0. The molecule has 1 N–H and O–H groups in total. The first-order chi connectivity index (χ1) is 11.5. The molecule has 0 fully saturated rings. The summed E-state index contributed by atoms with van der Waals surface area (Å²) in [5, 5.41) is 10.9. The van der Waals surface area contributed by atoms with Gasteiger partial charge in [-0.2, -0.15) is 0 Å². The standard InChI is InChI=1S/C16H13ClN4O3/c1-10(22)11-3-2-4-13(7-11)18-16(23)9-24-21-15-8-12(17)5-6-14(15)19-20-21/h2-8H,9H2,1H3,(H,18,23). The average Bonchev–Trinajstić information content (AvgIpc) is 2.95. The number of carbonyl (C=O) groups excluding carboxylic acids is 2. The normalized spacial score (nSPS) is 10.6. The van der Waals surface area contributed by atoms with Gasteiger partial charge in [0.25, 0.3) is 5.91 Å². The molecule has 0 aliphatic heterocycles. The maximum Gasteiger partial charge on any atom is 0.265 e. The van der Waals surface area contributed by atoms with Crippen molar-refractivity contribution in [3.05, 3.63) is 53.1 Å². The second-order valence-electron chi connectivity index (χ2n) is 5.05. The van der Waals surface area contributed by atoms with Crippen LogP contribution in [0.4, 0.5) is 5.69 Å². The van der Waals surface area contributed by atoms with Gasteiger partial charge in [0.15, 0.2) is 12.4 Å². The van der Waals surface area contributed by atoms with E-state index in [1.54, 1.807) is 42.5 Å². The van der Waals surface area contributed by atoms with E-state index in [9.17, 15) is 9.59 Å². The van der Waals surface area contributed by atoms with Crippen molar-refractivity contribution in [3.63, 3.8) is 0 Å². The number of amides is 1. The molecule has 24 heavy (non-hydrogen) atoms. The molecule has 0 aliphatic rings. The van der Waals surface area contributed by atoms with Gasteiger partial charge in [0, 0.05) is 16.3 Å². The summed E-state index contributed by atoms with van der Waals surface area (Å²) in [6.07, 6.45) is 0. The number of anilines is 1. The summed E-state index contributed by atoms with van der Waals surface area (Å²) < 4.78 is 0. The fourth-order valence-corrected chi connectivity index (χ4v) is 2.27. The predicted molar refractivity (Wildman–Crippen MR) is 89.1 cm³/mol. The second-order valence-corrected chi connectivity index (χ2v) is 5.49. The molecule has 7 nitrogen and oxygen atoms in total. The van der Waals surface area contributed by atoms with Crippen LogP contribution in [-0.2, 0) is 4.79 Å². The predicted octanol–water partition coefficient (Wildman–Crippen LogP) is 2.35. The van der Waals surface area contributed by atoms with E-state index < -0.39 is 0 Å². The van der Waals surface area contributed by atoms with Crippen LogP contribution < -0.4 is 10.2 Å². The van der Waals surface area contributed by atoms with Crippen molar-refractivity contribution in [1.82, 2.24) is 15.2 Å². The Labute approximate surface area is 142 Å². The molecule has 0 saturated heterocycles. The summed E-state index contributed by atoms with van der Waals surface area (Å²) in [5.74, 6) is -0.463. The van der Waals surface area contributed by atoms with E-state index in [2.05, 4.69) is 15.6 Å². The van der Waals surface area contributed by atoms with Crippen molar-refractivity contribution in [2.45, 2.75) is 6.92 Å². The number of halogens is 1. The smallest absolute Gasteiger partial charge is 0.265 e. The number of ketones is 1. The number of fused-ring (bicyclic) bond motifs is 1. The molecule has 1 heterocycles. The lowest BCUT2D eigenvalue weighted by Gasteiger charge is -2.08. The fourth-order valence-electron chi connectivity index (χ4n) is 2.10. The van der Waals surface area contributed by atoms with E-state index in [1.165, 1.54) is 6.92 Å². The Hall–Kier alpha value is -2.93. The van der Waals surface area contributed by atoms with Gasteiger partial charge >= 0.3 is 0 Å². The number of Topliss-reactive ketones (excluding diaryl/α,β-unsaturated/α-hetero) is 1. The molecular formula is C16H13ClN4O3. The first kappa shape index (κ1) is 15.9. The van der Waals surface area contributed by atoms with Crippen LogP contribution >= 0.6 is 11.6 Å². The van der Waals surface area contributed by atoms with Gasteiger partial charge in [0.05, 0.1) is 0 Å². The van der Waals surface area contributed by atoms with Crippen molar-refractivity contribution in [1.29, 1.82) is 0 Å². The number of nitrogens with zero attached hydrogens (tertiary/aromatic N) is 3. The highest BCUT2D eigenvalue weighted by atomic mass is 35.5. The molecule has 0 unspecified atom stereocenters. The minimum Gasteiger partial charge on any atom is -0.385 e. The van der Waals surface area contributed by atoms with Gasteiger partial charge in [-0.05, 0) is 42.5 Å². The lowest BCUT2D eigenvalue weighted by atomic mass is 10.1. The largest absolute Gasteiger partial charge is 0.385 e. The van der Waals surface area contributed by atoms with Crippen LogP contribution in [-0.4, -0.2) is 33.5 Å².